The van der Waals surface area contributed by atoms with Gasteiger partial charge in [0.2, 0.25) is 5.88 Å². The van der Waals surface area contributed by atoms with E-state index in [0.29, 0.717) is 10.4 Å². The molecular weight excluding hydrogens is 242 g/mol. The van der Waals surface area contributed by atoms with Gasteiger partial charge in [-0.05, 0) is 29.9 Å². The number of aromatic nitrogens is 1. The van der Waals surface area contributed by atoms with Gasteiger partial charge in [-0.3, -0.25) is 0 Å². The summed E-state index contributed by atoms with van der Waals surface area (Å²) in [7, 11) is 1.64. The Morgan fingerprint density at radius 3 is 2.94 bits per heavy atom. The molecule has 0 bridgehead atoms. The molecule has 2 aromatic rings. The fourth-order valence-electron chi connectivity index (χ4n) is 1.44. The SMILES string of the molecule is COc1cccc(Cc2sc(=S)[nH]c2O)c1. The normalized spacial score (nSPS) is 10.3. The van der Waals surface area contributed by atoms with Gasteiger partial charge >= 0.3 is 0 Å². The fraction of sp³-hybridized carbons (Fsp3) is 0.182. The molecule has 0 spiro atoms. The summed E-state index contributed by atoms with van der Waals surface area (Å²) in [5.74, 6) is 0.981. The van der Waals surface area contributed by atoms with Crippen molar-refractivity contribution in [3.63, 3.8) is 0 Å². The molecule has 0 saturated carbocycles. The molecular formula is C11H11NO2S2. The lowest BCUT2D eigenvalue weighted by Gasteiger charge is -2.03. The number of nitrogens with one attached hydrogen (secondary N) is 1. The summed E-state index contributed by atoms with van der Waals surface area (Å²) in [4.78, 5) is 3.56. The molecule has 3 nitrogen and oxygen atoms in total. The van der Waals surface area contributed by atoms with Crippen LogP contribution in [0.3, 0.4) is 0 Å². The van der Waals surface area contributed by atoms with Gasteiger partial charge in [-0.25, -0.2) is 0 Å². The average Bonchev–Trinajstić information content (AvgIpc) is 2.58. The van der Waals surface area contributed by atoms with Gasteiger partial charge in [0.05, 0.1) is 12.0 Å². The number of hydrogen-bond acceptors (Lipinski definition) is 4. The van der Waals surface area contributed by atoms with Gasteiger partial charge in [-0.1, -0.05) is 12.1 Å². The van der Waals surface area contributed by atoms with Crippen LogP contribution in [0.15, 0.2) is 24.3 Å². The van der Waals surface area contributed by atoms with Crippen LogP contribution in [0.5, 0.6) is 11.6 Å². The topological polar surface area (TPSA) is 45.2 Å². The Balaban J connectivity index is 2.26. The van der Waals surface area contributed by atoms with Crippen LogP contribution in [0, 0.1) is 3.95 Å². The van der Waals surface area contributed by atoms with Crippen LogP contribution in [-0.2, 0) is 6.42 Å². The van der Waals surface area contributed by atoms with Crippen molar-refractivity contribution in [2.24, 2.45) is 0 Å². The number of rotatable bonds is 3. The van der Waals surface area contributed by atoms with Crippen LogP contribution in [-0.4, -0.2) is 17.2 Å². The van der Waals surface area contributed by atoms with Gasteiger partial charge in [0, 0.05) is 6.42 Å². The third-order valence-electron chi connectivity index (χ3n) is 2.20. The maximum atomic E-state index is 9.58. The van der Waals surface area contributed by atoms with Gasteiger partial charge in [-0.2, -0.15) is 0 Å². The highest BCUT2D eigenvalue weighted by Gasteiger charge is 2.06. The lowest BCUT2D eigenvalue weighted by Crippen LogP contribution is -1.88. The van der Waals surface area contributed by atoms with E-state index in [0.717, 1.165) is 16.2 Å². The van der Waals surface area contributed by atoms with E-state index in [9.17, 15) is 5.11 Å². The quantitative estimate of drug-likeness (QED) is 0.826. The monoisotopic (exact) mass is 253 g/mol. The van der Waals surface area contributed by atoms with Crippen molar-refractivity contribution < 1.29 is 9.84 Å². The first kappa shape index (κ1) is 11.2. The lowest BCUT2D eigenvalue weighted by molar-refractivity contribution is 0.414. The number of hydrogen-bond donors (Lipinski definition) is 2. The van der Waals surface area contributed by atoms with Crippen LogP contribution >= 0.6 is 23.6 Å². The number of thiazole rings is 1. The maximum absolute atomic E-state index is 9.58. The third-order valence-corrected chi connectivity index (χ3v) is 3.42. The van der Waals surface area contributed by atoms with Crippen molar-refractivity contribution in [1.29, 1.82) is 0 Å². The predicted molar refractivity (Wildman–Crippen MR) is 67.0 cm³/mol. The van der Waals surface area contributed by atoms with E-state index in [2.05, 4.69) is 4.98 Å². The molecule has 0 unspecified atom stereocenters. The Bertz CT molecular complexity index is 545. The predicted octanol–water partition coefficient (Wildman–Crippen LogP) is 3.11. The molecule has 0 amide bonds. The van der Waals surface area contributed by atoms with Gasteiger partial charge in [0.15, 0.2) is 3.95 Å². The summed E-state index contributed by atoms with van der Waals surface area (Å²) in [5.41, 5.74) is 1.08. The van der Waals surface area contributed by atoms with Gasteiger partial charge in [0.1, 0.15) is 5.75 Å². The molecule has 0 aliphatic heterocycles. The fourth-order valence-corrected chi connectivity index (χ4v) is 2.60. The molecule has 0 radical (unpaired) electrons. The van der Waals surface area contributed by atoms with E-state index < -0.39 is 0 Å². The molecule has 2 rings (SSSR count). The van der Waals surface area contributed by atoms with E-state index in [1.165, 1.54) is 11.3 Å². The molecule has 5 heteroatoms. The highest BCUT2D eigenvalue weighted by molar-refractivity contribution is 7.73. The Labute approximate surface area is 102 Å². The van der Waals surface area contributed by atoms with E-state index in [-0.39, 0.29) is 5.88 Å². The Morgan fingerprint density at radius 1 is 1.50 bits per heavy atom. The second-order valence-electron chi connectivity index (χ2n) is 3.31. The van der Waals surface area contributed by atoms with Crippen LogP contribution in [0.25, 0.3) is 0 Å². The zero-order chi connectivity index (χ0) is 11.5. The van der Waals surface area contributed by atoms with E-state index >= 15 is 0 Å². The molecule has 0 atom stereocenters. The first-order chi connectivity index (χ1) is 7.69. The number of aromatic amines is 1. The largest absolute Gasteiger partial charge is 0.497 e. The first-order valence-corrected chi connectivity index (χ1v) is 5.95. The van der Waals surface area contributed by atoms with Crippen molar-refractivity contribution in [1.82, 2.24) is 4.98 Å². The van der Waals surface area contributed by atoms with Crippen LogP contribution in [0.4, 0.5) is 0 Å². The lowest BCUT2D eigenvalue weighted by atomic mass is 10.1. The molecule has 1 aromatic carbocycles. The second-order valence-corrected chi connectivity index (χ2v) is 5.09. The molecule has 16 heavy (non-hydrogen) atoms. The third kappa shape index (κ3) is 2.43. The molecule has 2 N–H and O–H groups in total. The minimum Gasteiger partial charge on any atom is -0.497 e. The number of methoxy groups -OCH3 is 1. The highest BCUT2D eigenvalue weighted by Crippen LogP contribution is 2.25. The van der Waals surface area contributed by atoms with Gasteiger partial charge in [0.25, 0.3) is 0 Å². The average molecular weight is 253 g/mol. The summed E-state index contributed by atoms with van der Waals surface area (Å²) >= 11 is 6.35. The zero-order valence-electron chi connectivity index (χ0n) is 8.69. The molecule has 0 aliphatic carbocycles. The van der Waals surface area contributed by atoms with Gasteiger partial charge < -0.3 is 14.8 Å². The summed E-state index contributed by atoms with van der Waals surface area (Å²) in [5, 5.41) is 9.58. The second kappa shape index (κ2) is 4.67. The Morgan fingerprint density at radius 2 is 2.31 bits per heavy atom. The number of aromatic hydroxyl groups is 1. The maximum Gasteiger partial charge on any atom is 0.203 e. The highest BCUT2D eigenvalue weighted by atomic mass is 32.1. The van der Waals surface area contributed by atoms with E-state index in [4.69, 9.17) is 17.0 Å². The molecule has 0 fully saturated rings. The summed E-state index contributed by atoms with van der Waals surface area (Å²) < 4.78 is 5.73. The van der Waals surface area contributed by atoms with Crippen molar-refractivity contribution in [2.45, 2.75) is 6.42 Å². The smallest absolute Gasteiger partial charge is 0.203 e. The van der Waals surface area contributed by atoms with E-state index in [1.54, 1.807) is 7.11 Å². The van der Waals surface area contributed by atoms with Gasteiger partial charge in [-0.15, -0.1) is 11.3 Å². The Hall–Kier alpha value is -1.33. The molecule has 0 aliphatic rings. The van der Waals surface area contributed by atoms with Crippen molar-refractivity contribution in [3.05, 3.63) is 38.7 Å². The molecule has 1 aromatic heterocycles. The van der Waals surface area contributed by atoms with Crippen molar-refractivity contribution >= 4 is 23.6 Å². The van der Waals surface area contributed by atoms with Crippen LogP contribution < -0.4 is 4.74 Å². The Kier molecular flexibility index (Phi) is 3.26. The number of ether oxygens (including phenoxy) is 1. The summed E-state index contributed by atoms with van der Waals surface area (Å²) in [6.45, 7) is 0. The minimum absolute atomic E-state index is 0.165. The number of benzene rings is 1. The van der Waals surface area contributed by atoms with E-state index in [1.807, 2.05) is 24.3 Å². The molecule has 0 saturated heterocycles. The van der Waals surface area contributed by atoms with Crippen molar-refractivity contribution in [3.8, 4) is 11.6 Å². The summed E-state index contributed by atoms with van der Waals surface area (Å²) in [6, 6.07) is 7.76. The van der Waals surface area contributed by atoms with Crippen molar-refractivity contribution in [2.75, 3.05) is 7.11 Å². The van der Waals surface area contributed by atoms with Crippen LogP contribution in [0.1, 0.15) is 10.4 Å². The molecule has 84 valence electrons. The molecule has 1 heterocycles. The minimum atomic E-state index is 0.165. The standard InChI is InChI=1S/C11H11NO2S2/c1-14-8-4-2-3-7(5-8)6-9-10(13)12-11(15)16-9/h2-5,13H,6H2,1H3,(H,12,15). The van der Waals surface area contributed by atoms with Crippen LogP contribution in [0.2, 0.25) is 0 Å². The zero-order valence-corrected chi connectivity index (χ0v) is 10.3. The first-order valence-electron chi connectivity index (χ1n) is 4.73. The number of H-pyrrole nitrogens is 1. The summed E-state index contributed by atoms with van der Waals surface area (Å²) in [6.07, 6.45) is 0.654.